The summed E-state index contributed by atoms with van der Waals surface area (Å²) in [6, 6.07) is 0.372. The summed E-state index contributed by atoms with van der Waals surface area (Å²) in [7, 11) is 3.58. The van der Waals surface area contributed by atoms with Gasteiger partial charge in [0.25, 0.3) is 0 Å². The van der Waals surface area contributed by atoms with E-state index < -0.39 is 0 Å². The molecular formula is C14H27N3O2. The minimum absolute atomic E-state index is 0.0848. The Morgan fingerprint density at radius 3 is 2.37 bits per heavy atom. The van der Waals surface area contributed by atoms with Crippen molar-refractivity contribution in [3.05, 3.63) is 0 Å². The van der Waals surface area contributed by atoms with E-state index in [0.29, 0.717) is 25.7 Å². The van der Waals surface area contributed by atoms with Gasteiger partial charge in [-0.15, -0.1) is 0 Å². The summed E-state index contributed by atoms with van der Waals surface area (Å²) in [6.45, 7) is 5.98. The van der Waals surface area contributed by atoms with Crippen LogP contribution in [-0.4, -0.2) is 61.4 Å². The Labute approximate surface area is 116 Å². The summed E-state index contributed by atoms with van der Waals surface area (Å²) in [6.07, 6.45) is 2.59. The number of hydrogen-bond acceptors (Lipinski definition) is 3. The van der Waals surface area contributed by atoms with Gasteiger partial charge in [-0.2, -0.15) is 0 Å². The Bertz CT molecular complexity index is 310. The van der Waals surface area contributed by atoms with Crippen LogP contribution in [0, 0.1) is 5.92 Å². The molecule has 1 aliphatic rings. The highest BCUT2D eigenvalue weighted by molar-refractivity contribution is 5.80. The second kappa shape index (κ2) is 7.48. The average molecular weight is 269 g/mol. The molecule has 110 valence electrons. The Hall–Kier alpha value is -1.10. The Kier molecular flexibility index (Phi) is 6.28. The second-order valence-corrected chi connectivity index (χ2v) is 5.58. The first-order valence-electron chi connectivity index (χ1n) is 7.18. The highest BCUT2D eigenvalue weighted by Gasteiger charge is 2.27. The zero-order valence-electron chi connectivity index (χ0n) is 12.6. The van der Waals surface area contributed by atoms with Crippen molar-refractivity contribution in [1.82, 2.24) is 15.1 Å². The number of carbonyl (C=O) groups is 2. The minimum Gasteiger partial charge on any atom is -0.349 e. The molecule has 0 radical (unpaired) electrons. The number of rotatable bonds is 5. The molecule has 0 saturated carbocycles. The molecule has 1 unspecified atom stereocenters. The molecule has 0 aliphatic carbocycles. The molecule has 0 bridgehead atoms. The lowest BCUT2D eigenvalue weighted by Gasteiger charge is -2.32. The number of amides is 2. The number of nitrogens with zero attached hydrogens (tertiary/aromatic N) is 2. The lowest BCUT2D eigenvalue weighted by molar-refractivity contribution is -0.138. The highest BCUT2D eigenvalue weighted by Crippen LogP contribution is 2.18. The summed E-state index contributed by atoms with van der Waals surface area (Å²) in [5.41, 5.74) is 0. The Morgan fingerprint density at radius 1 is 1.32 bits per heavy atom. The summed E-state index contributed by atoms with van der Waals surface area (Å²) < 4.78 is 0. The third kappa shape index (κ3) is 4.82. The molecule has 0 aromatic rings. The molecule has 0 aromatic carbocycles. The first kappa shape index (κ1) is 16.0. The number of likely N-dealkylation sites (tertiary alicyclic amines) is 1. The van der Waals surface area contributed by atoms with Crippen LogP contribution < -0.4 is 5.32 Å². The molecule has 0 aromatic heterocycles. The van der Waals surface area contributed by atoms with Gasteiger partial charge >= 0.3 is 0 Å². The highest BCUT2D eigenvalue weighted by atomic mass is 16.2. The fourth-order valence-electron chi connectivity index (χ4n) is 2.26. The standard InChI is InChI=1S/C14H27N3O2/c1-5-11(2)15-10-13(18)17-8-6-12(7-9-17)14(19)16(3)4/h11-12,15H,5-10H2,1-4H3. The van der Waals surface area contributed by atoms with Crippen molar-refractivity contribution in [2.75, 3.05) is 33.7 Å². The van der Waals surface area contributed by atoms with Crippen molar-refractivity contribution in [3.63, 3.8) is 0 Å². The van der Waals surface area contributed by atoms with Crippen LogP contribution in [0.4, 0.5) is 0 Å². The van der Waals surface area contributed by atoms with Gasteiger partial charge in [0.15, 0.2) is 0 Å². The van der Waals surface area contributed by atoms with Crippen molar-refractivity contribution in [2.24, 2.45) is 5.92 Å². The van der Waals surface area contributed by atoms with E-state index in [-0.39, 0.29) is 17.7 Å². The van der Waals surface area contributed by atoms with Crippen molar-refractivity contribution in [3.8, 4) is 0 Å². The predicted molar refractivity (Wildman–Crippen MR) is 75.8 cm³/mol. The summed E-state index contributed by atoms with van der Waals surface area (Å²) in [5, 5.41) is 3.22. The lowest BCUT2D eigenvalue weighted by atomic mass is 9.95. The van der Waals surface area contributed by atoms with Crippen LogP contribution in [0.2, 0.25) is 0 Å². The number of carbonyl (C=O) groups excluding carboxylic acids is 2. The zero-order chi connectivity index (χ0) is 14.4. The van der Waals surface area contributed by atoms with Crippen molar-refractivity contribution in [1.29, 1.82) is 0 Å². The maximum absolute atomic E-state index is 12.0. The van der Waals surface area contributed by atoms with E-state index in [4.69, 9.17) is 0 Å². The molecule has 1 aliphatic heterocycles. The molecule has 1 N–H and O–H groups in total. The first-order chi connectivity index (χ1) is 8.95. The largest absolute Gasteiger partial charge is 0.349 e. The van der Waals surface area contributed by atoms with Crippen molar-refractivity contribution >= 4 is 11.8 Å². The van der Waals surface area contributed by atoms with Crippen LogP contribution in [-0.2, 0) is 9.59 Å². The maximum Gasteiger partial charge on any atom is 0.236 e. The Morgan fingerprint density at radius 2 is 1.89 bits per heavy atom. The van der Waals surface area contributed by atoms with Crippen molar-refractivity contribution < 1.29 is 9.59 Å². The molecule has 1 atom stereocenters. The van der Waals surface area contributed by atoms with Gasteiger partial charge in [-0.3, -0.25) is 9.59 Å². The van der Waals surface area contributed by atoms with E-state index >= 15 is 0 Å². The number of nitrogens with one attached hydrogen (secondary N) is 1. The fourth-order valence-corrected chi connectivity index (χ4v) is 2.26. The normalized spacial score (nSPS) is 18.2. The monoisotopic (exact) mass is 269 g/mol. The third-order valence-corrected chi connectivity index (χ3v) is 3.85. The zero-order valence-corrected chi connectivity index (χ0v) is 12.6. The fraction of sp³-hybridized carbons (Fsp3) is 0.857. The molecule has 2 amide bonds. The van der Waals surface area contributed by atoms with Crippen LogP contribution in [0.15, 0.2) is 0 Å². The van der Waals surface area contributed by atoms with Gasteiger partial charge in [0, 0.05) is 39.1 Å². The first-order valence-corrected chi connectivity index (χ1v) is 7.18. The Balaban J connectivity index is 2.33. The van der Waals surface area contributed by atoms with Gasteiger partial charge in [-0.25, -0.2) is 0 Å². The van der Waals surface area contributed by atoms with Crippen LogP contribution in [0.25, 0.3) is 0 Å². The maximum atomic E-state index is 12.0. The van der Waals surface area contributed by atoms with Gasteiger partial charge in [0.1, 0.15) is 0 Å². The van der Waals surface area contributed by atoms with E-state index in [1.54, 1.807) is 19.0 Å². The molecule has 5 heteroatoms. The SMILES string of the molecule is CCC(C)NCC(=O)N1CCC(C(=O)N(C)C)CC1. The molecule has 5 nitrogen and oxygen atoms in total. The van der Waals surface area contributed by atoms with E-state index in [0.717, 1.165) is 19.3 Å². The summed E-state index contributed by atoms with van der Waals surface area (Å²) in [4.78, 5) is 27.4. The molecule has 1 fully saturated rings. The molecule has 1 rings (SSSR count). The van der Waals surface area contributed by atoms with Crippen LogP contribution in [0.1, 0.15) is 33.1 Å². The molecule has 19 heavy (non-hydrogen) atoms. The van der Waals surface area contributed by atoms with Gasteiger partial charge < -0.3 is 15.1 Å². The van der Waals surface area contributed by atoms with E-state index in [1.807, 2.05) is 4.90 Å². The van der Waals surface area contributed by atoms with E-state index in [1.165, 1.54) is 0 Å². The number of hydrogen-bond donors (Lipinski definition) is 1. The predicted octanol–water partition coefficient (Wildman–Crippen LogP) is 0.701. The van der Waals surface area contributed by atoms with Gasteiger partial charge in [-0.05, 0) is 26.2 Å². The van der Waals surface area contributed by atoms with Crippen LogP contribution >= 0.6 is 0 Å². The molecule has 0 spiro atoms. The topological polar surface area (TPSA) is 52.7 Å². The smallest absolute Gasteiger partial charge is 0.236 e. The number of piperidine rings is 1. The second-order valence-electron chi connectivity index (χ2n) is 5.58. The summed E-state index contributed by atoms with van der Waals surface area (Å²) in [5.74, 6) is 0.419. The van der Waals surface area contributed by atoms with Crippen LogP contribution in [0.3, 0.4) is 0 Å². The minimum atomic E-state index is 0.0848. The average Bonchev–Trinajstić information content (AvgIpc) is 2.43. The van der Waals surface area contributed by atoms with E-state index in [9.17, 15) is 9.59 Å². The molecule has 1 heterocycles. The van der Waals surface area contributed by atoms with Crippen LogP contribution in [0.5, 0.6) is 0 Å². The van der Waals surface area contributed by atoms with Crippen molar-refractivity contribution in [2.45, 2.75) is 39.2 Å². The quantitative estimate of drug-likeness (QED) is 0.799. The lowest BCUT2D eigenvalue weighted by Crippen LogP contribution is -2.46. The van der Waals surface area contributed by atoms with Gasteiger partial charge in [0.05, 0.1) is 6.54 Å². The third-order valence-electron chi connectivity index (χ3n) is 3.85. The van der Waals surface area contributed by atoms with Gasteiger partial charge in [-0.1, -0.05) is 6.92 Å². The van der Waals surface area contributed by atoms with Gasteiger partial charge in [0.2, 0.25) is 11.8 Å². The molecular weight excluding hydrogens is 242 g/mol. The van der Waals surface area contributed by atoms with E-state index in [2.05, 4.69) is 19.2 Å². The molecule has 1 saturated heterocycles. The summed E-state index contributed by atoms with van der Waals surface area (Å²) >= 11 is 0.